The summed E-state index contributed by atoms with van der Waals surface area (Å²) >= 11 is 0. The van der Waals surface area contributed by atoms with Gasteiger partial charge in [0.15, 0.2) is 6.10 Å². The van der Waals surface area contributed by atoms with E-state index in [4.69, 9.17) is 10.2 Å². The van der Waals surface area contributed by atoms with Crippen LogP contribution in [0, 0.1) is 0 Å². The molecule has 1 unspecified atom stereocenters. The fraction of sp³-hybridized carbons (Fsp3) is 0.429. The third-order valence-electron chi connectivity index (χ3n) is 1.13. The summed E-state index contributed by atoms with van der Waals surface area (Å²) in [4.78, 5) is 20.0. The van der Waals surface area contributed by atoms with Crippen molar-refractivity contribution in [2.75, 3.05) is 0 Å². The van der Waals surface area contributed by atoms with Crippen molar-refractivity contribution >= 4 is 12.3 Å². The van der Waals surface area contributed by atoms with Crippen molar-refractivity contribution in [3.05, 3.63) is 11.6 Å². The van der Waals surface area contributed by atoms with Crippen molar-refractivity contribution in [1.29, 1.82) is 0 Å². The van der Waals surface area contributed by atoms with E-state index in [9.17, 15) is 9.59 Å². The van der Waals surface area contributed by atoms with Crippen LogP contribution in [-0.4, -0.2) is 28.6 Å². The van der Waals surface area contributed by atoms with Gasteiger partial charge in [0, 0.05) is 6.42 Å². The molecule has 0 spiro atoms. The van der Waals surface area contributed by atoms with Crippen molar-refractivity contribution in [3.8, 4) is 0 Å². The van der Waals surface area contributed by atoms with Gasteiger partial charge in [0.05, 0.1) is 0 Å². The Morgan fingerprint density at radius 3 is 2.55 bits per heavy atom. The first-order chi connectivity index (χ1) is 5.07. The number of aliphatic hydroxyl groups excluding tert-OH is 1. The fourth-order valence-corrected chi connectivity index (χ4v) is 0.446. The molecule has 4 heteroatoms. The summed E-state index contributed by atoms with van der Waals surface area (Å²) in [5.74, 6) is -1.28. The van der Waals surface area contributed by atoms with E-state index in [1.807, 2.05) is 0 Å². The van der Waals surface area contributed by atoms with Crippen LogP contribution >= 0.6 is 0 Å². The van der Waals surface area contributed by atoms with E-state index in [0.717, 1.165) is 0 Å². The van der Waals surface area contributed by atoms with E-state index < -0.39 is 12.1 Å². The zero-order valence-corrected chi connectivity index (χ0v) is 6.15. The van der Waals surface area contributed by atoms with Gasteiger partial charge in [-0.2, -0.15) is 0 Å². The molecule has 4 nitrogen and oxygen atoms in total. The SMILES string of the molecule is C/C(C=O)=C\CC(O)C(=O)O. The van der Waals surface area contributed by atoms with Gasteiger partial charge >= 0.3 is 5.97 Å². The maximum atomic E-state index is 10.0. The molecule has 11 heavy (non-hydrogen) atoms. The maximum absolute atomic E-state index is 10.0. The molecule has 1 atom stereocenters. The molecule has 0 fully saturated rings. The van der Waals surface area contributed by atoms with E-state index in [1.54, 1.807) is 6.92 Å². The summed E-state index contributed by atoms with van der Waals surface area (Å²) in [6, 6.07) is 0. The molecule has 0 heterocycles. The van der Waals surface area contributed by atoms with Crippen molar-refractivity contribution in [2.45, 2.75) is 19.4 Å². The Kier molecular flexibility index (Phi) is 4.14. The molecule has 0 aliphatic carbocycles. The molecule has 62 valence electrons. The quantitative estimate of drug-likeness (QED) is 0.445. The Morgan fingerprint density at radius 1 is 1.64 bits per heavy atom. The average Bonchev–Trinajstić information content (AvgIpc) is 1.99. The fourth-order valence-electron chi connectivity index (χ4n) is 0.446. The first kappa shape index (κ1) is 9.84. The molecule has 0 saturated carbocycles. The van der Waals surface area contributed by atoms with Gasteiger partial charge in [0.1, 0.15) is 6.29 Å². The minimum atomic E-state index is -1.41. The lowest BCUT2D eigenvalue weighted by molar-refractivity contribution is -0.146. The third-order valence-corrected chi connectivity index (χ3v) is 1.13. The summed E-state index contributed by atoms with van der Waals surface area (Å²) in [6.07, 6.45) is 0.546. The second-order valence-electron chi connectivity index (χ2n) is 2.16. The highest BCUT2D eigenvalue weighted by atomic mass is 16.4. The Morgan fingerprint density at radius 2 is 2.18 bits per heavy atom. The summed E-state index contributed by atoms with van der Waals surface area (Å²) in [6.45, 7) is 1.54. The number of aliphatic carboxylic acids is 1. The first-order valence-corrected chi connectivity index (χ1v) is 3.10. The van der Waals surface area contributed by atoms with Crippen LogP contribution in [0.5, 0.6) is 0 Å². The molecule has 0 aromatic heterocycles. The third kappa shape index (κ3) is 4.27. The number of aldehydes is 1. The van der Waals surface area contributed by atoms with Gasteiger partial charge in [-0.05, 0) is 12.5 Å². The van der Waals surface area contributed by atoms with Crippen LogP contribution < -0.4 is 0 Å². The number of allylic oxidation sites excluding steroid dienone is 1. The summed E-state index contributed by atoms with van der Waals surface area (Å²) in [5, 5.41) is 16.9. The van der Waals surface area contributed by atoms with Crippen LogP contribution in [0.3, 0.4) is 0 Å². The predicted molar refractivity (Wildman–Crippen MR) is 38.1 cm³/mol. The number of carbonyl (C=O) groups excluding carboxylic acids is 1. The number of hydrogen-bond donors (Lipinski definition) is 2. The molecule has 0 aromatic rings. The lowest BCUT2D eigenvalue weighted by atomic mass is 10.2. The summed E-state index contributed by atoms with van der Waals surface area (Å²) in [5.41, 5.74) is 0.422. The Balaban J connectivity index is 3.87. The summed E-state index contributed by atoms with van der Waals surface area (Å²) in [7, 11) is 0. The van der Waals surface area contributed by atoms with E-state index in [-0.39, 0.29) is 6.42 Å². The second kappa shape index (κ2) is 4.62. The summed E-state index contributed by atoms with van der Waals surface area (Å²) < 4.78 is 0. The monoisotopic (exact) mass is 158 g/mol. The average molecular weight is 158 g/mol. The minimum absolute atomic E-state index is 0.0279. The Hall–Kier alpha value is -1.16. The molecule has 0 amide bonds. The van der Waals surface area contributed by atoms with Gasteiger partial charge in [-0.1, -0.05) is 6.08 Å². The van der Waals surface area contributed by atoms with E-state index in [2.05, 4.69) is 0 Å². The number of carbonyl (C=O) groups is 2. The second-order valence-corrected chi connectivity index (χ2v) is 2.16. The molecular weight excluding hydrogens is 148 g/mol. The molecule has 0 rings (SSSR count). The lowest BCUT2D eigenvalue weighted by Crippen LogP contribution is -2.18. The Bertz CT molecular complexity index is 183. The molecule has 0 aliphatic heterocycles. The molecule has 0 aromatic carbocycles. The van der Waals surface area contributed by atoms with Crippen molar-refractivity contribution in [3.63, 3.8) is 0 Å². The molecule has 0 radical (unpaired) electrons. The predicted octanol–water partition coefficient (Wildman–Crippen LogP) is -0.0328. The van der Waals surface area contributed by atoms with Crippen LogP contribution in [0.1, 0.15) is 13.3 Å². The minimum Gasteiger partial charge on any atom is -0.479 e. The largest absolute Gasteiger partial charge is 0.479 e. The van der Waals surface area contributed by atoms with Crippen LogP contribution in [0.25, 0.3) is 0 Å². The van der Waals surface area contributed by atoms with Gasteiger partial charge in [0.25, 0.3) is 0 Å². The highest BCUT2D eigenvalue weighted by Gasteiger charge is 2.10. The highest BCUT2D eigenvalue weighted by Crippen LogP contribution is 1.96. The van der Waals surface area contributed by atoms with E-state index >= 15 is 0 Å². The molecule has 0 saturated heterocycles. The number of carboxylic acids is 1. The van der Waals surface area contributed by atoms with Crippen LogP contribution in [0.2, 0.25) is 0 Å². The van der Waals surface area contributed by atoms with Crippen LogP contribution in [0.15, 0.2) is 11.6 Å². The topological polar surface area (TPSA) is 74.6 Å². The highest BCUT2D eigenvalue weighted by molar-refractivity contribution is 5.74. The maximum Gasteiger partial charge on any atom is 0.332 e. The van der Waals surface area contributed by atoms with E-state index in [1.165, 1.54) is 6.08 Å². The lowest BCUT2D eigenvalue weighted by Gasteiger charge is -1.99. The first-order valence-electron chi connectivity index (χ1n) is 3.10. The Labute approximate surface area is 64.2 Å². The van der Waals surface area contributed by atoms with Gasteiger partial charge in [-0.25, -0.2) is 4.79 Å². The standard InChI is InChI=1S/C7H10O4/c1-5(4-8)2-3-6(9)7(10)11/h2,4,6,9H,3H2,1H3,(H,10,11)/b5-2+. The number of aliphatic hydroxyl groups is 1. The van der Waals surface area contributed by atoms with Gasteiger partial charge in [-0.15, -0.1) is 0 Å². The zero-order valence-electron chi connectivity index (χ0n) is 6.15. The van der Waals surface area contributed by atoms with Gasteiger partial charge in [0.2, 0.25) is 0 Å². The molecule has 0 bridgehead atoms. The van der Waals surface area contributed by atoms with Crippen molar-refractivity contribution < 1.29 is 19.8 Å². The van der Waals surface area contributed by atoms with E-state index in [0.29, 0.717) is 11.9 Å². The van der Waals surface area contributed by atoms with Crippen molar-refractivity contribution in [2.24, 2.45) is 0 Å². The van der Waals surface area contributed by atoms with Gasteiger partial charge in [-0.3, -0.25) is 4.79 Å². The normalized spacial score (nSPS) is 14.2. The van der Waals surface area contributed by atoms with Crippen LogP contribution in [-0.2, 0) is 9.59 Å². The smallest absolute Gasteiger partial charge is 0.332 e. The van der Waals surface area contributed by atoms with Gasteiger partial charge < -0.3 is 10.2 Å². The van der Waals surface area contributed by atoms with Crippen molar-refractivity contribution in [1.82, 2.24) is 0 Å². The molecular formula is C7H10O4. The molecule has 0 aliphatic rings. The zero-order chi connectivity index (χ0) is 8.85. The number of hydrogen-bond acceptors (Lipinski definition) is 3. The number of rotatable bonds is 4. The molecule has 2 N–H and O–H groups in total. The van der Waals surface area contributed by atoms with Crippen LogP contribution in [0.4, 0.5) is 0 Å². The number of carboxylic acid groups (broad SMARTS) is 1.